The van der Waals surface area contributed by atoms with E-state index in [9.17, 15) is 4.79 Å². The highest BCUT2D eigenvalue weighted by atomic mass is 79.9. The van der Waals surface area contributed by atoms with Gasteiger partial charge in [-0.3, -0.25) is 4.79 Å². The normalized spacial score (nSPS) is 19.7. The molecule has 1 unspecified atom stereocenters. The van der Waals surface area contributed by atoms with Gasteiger partial charge in [-0.15, -0.1) is 0 Å². The smallest absolute Gasteiger partial charge is 0.256 e. The number of carbonyl (C=O) groups is 1. The summed E-state index contributed by atoms with van der Waals surface area (Å²) in [6.07, 6.45) is 5.39. The van der Waals surface area contributed by atoms with E-state index in [1.165, 1.54) is 29.7 Å². The molecule has 0 saturated carbocycles. The van der Waals surface area contributed by atoms with Crippen molar-refractivity contribution in [1.82, 2.24) is 4.98 Å². The molecule has 0 fully saturated rings. The highest BCUT2D eigenvalue weighted by Gasteiger charge is 2.26. The second kappa shape index (κ2) is 6.54. The second-order valence-electron chi connectivity index (χ2n) is 7.22. The predicted molar refractivity (Wildman–Crippen MR) is 113 cm³/mol. The molecule has 1 atom stereocenters. The first-order valence-electron chi connectivity index (χ1n) is 9.29. The van der Waals surface area contributed by atoms with Crippen LogP contribution in [0.4, 0.5) is 5.69 Å². The Morgan fingerprint density at radius 2 is 1.93 bits per heavy atom. The first-order valence-corrected chi connectivity index (χ1v) is 10.1. The molecule has 3 nitrogen and oxygen atoms in total. The fourth-order valence-electron chi connectivity index (χ4n) is 4.26. The molecule has 0 bridgehead atoms. The Morgan fingerprint density at radius 3 is 2.78 bits per heavy atom. The van der Waals surface area contributed by atoms with E-state index in [0.717, 1.165) is 27.8 Å². The van der Waals surface area contributed by atoms with Gasteiger partial charge < -0.3 is 10.3 Å². The number of halogens is 1. The molecular formula is C23H19BrN2O. The number of aromatic amines is 1. The van der Waals surface area contributed by atoms with E-state index in [-0.39, 0.29) is 5.91 Å². The maximum atomic E-state index is 12.5. The van der Waals surface area contributed by atoms with Gasteiger partial charge in [-0.2, -0.15) is 0 Å². The standard InChI is InChI=1S/C23H19BrN2O/c24-15-9-10-22-18(11-15)20(23(27)26-22)13-16-12-19-17(7-4-8-21(19)25-16)14-5-2-1-3-6-14/h1-3,5-6,9-13,17,25H,4,7-8H2,(H,26,27). The number of rotatable bonds is 2. The van der Waals surface area contributed by atoms with E-state index in [4.69, 9.17) is 0 Å². The lowest BCUT2D eigenvalue weighted by molar-refractivity contribution is -0.110. The van der Waals surface area contributed by atoms with Gasteiger partial charge >= 0.3 is 0 Å². The van der Waals surface area contributed by atoms with Gasteiger partial charge in [-0.05, 0) is 60.7 Å². The Hall–Kier alpha value is -2.59. The zero-order valence-corrected chi connectivity index (χ0v) is 16.3. The summed E-state index contributed by atoms with van der Waals surface area (Å²) in [6, 6.07) is 18.8. The summed E-state index contributed by atoms with van der Waals surface area (Å²) in [5.74, 6) is 0.382. The number of hydrogen-bond acceptors (Lipinski definition) is 1. The molecule has 0 radical (unpaired) electrons. The molecule has 1 aliphatic carbocycles. The van der Waals surface area contributed by atoms with Gasteiger partial charge in [0.05, 0.1) is 5.57 Å². The molecule has 2 aromatic carbocycles. The van der Waals surface area contributed by atoms with Crippen LogP contribution in [0.5, 0.6) is 0 Å². The minimum atomic E-state index is -0.0460. The van der Waals surface area contributed by atoms with Crippen molar-refractivity contribution in [3.63, 3.8) is 0 Å². The van der Waals surface area contributed by atoms with Crippen LogP contribution in [0, 0.1) is 0 Å². The van der Waals surface area contributed by atoms with Crippen LogP contribution in [0.1, 0.15) is 46.8 Å². The topological polar surface area (TPSA) is 44.9 Å². The van der Waals surface area contributed by atoms with E-state index in [2.05, 4.69) is 62.6 Å². The quantitative estimate of drug-likeness (QED) is 0.512. The van der Waals surface area contributed by atoms with Gasteiger partial charge in [-0.25, -0.2) is 0 Å². The summed E-state index contributed by atoms with van der Waals surface area (Å²) in [5, 5.41) is 2.95. The Balaban J connectivity index is 1.55. The van der Waals surface area contributed by atoms with Crippen LogP contribution in [-0.2, 0) is 11.2 Å². The number of benzene rings is 2. The Morgan fingerprint density at radius 1 is 1.07 bits per heavy atom. The maximum Gasteiger partial charge on any atom is 0.256 e. The van der Waals surface area contributed by atoms with Gasteiger partial charge in [0.15, 0.2) is 0 Å². The minimum absolute atomic E-state index is 0.0460. The monoisotopic (exact) mass is 418 g/mol. The van der Waals surface area contributed by atoms with Crippen molar-refractivity contribution in [2.75, 3.05) is 5.32 Å². The fraction of sp³-hybridized carbons (Fsp3) is 0.174. The van der Waals surface area contributed by atoms with E-state index in [0.29, 0.717) is 11.5 Å². The first-order chi connectivity index (χ1) is 13.2. The molecule has 2 heterocycles. The lowest BCUT2D eigenvalue weighted by Gasteiger charge is -2.22. The number of anilines is 1. The Bertz CT molecular complexity index is 1070. The number of fused-ring (bicyclic) bond motifs is 2. The molecule has 5 rings (SSSR count). The molecule has 1 amide bonds. The third-order valence-corrected chi connectivity index (χ3v) is 6.01. The lowest BCUT2D eigenvalue weighted by Crippen LogP contribution is -2.09. The Labute approximate surface area is 166 Å². The van der Waals surface area contributed by atoms with Crippen molar-refractivity contribution in [3.8, 4) is 0 Å². The predicted octanol–water partition coefficient (Wildman–Crippen LogP) is 5.74. The van der Waals surface area contributed by atoms with Crippen molar-refractivity contribution in [1.29, 1.82) is 0 Å². The molecule has 0 saturated heterocycles. The number of nitrogens with one attached hydrogen (secondary N) is 2. The highest BCUT2D eigenvalue weighted by molar-refractivity contribution is 9.10. The summed E-state index contributed by atoms with van der Waals surface area (Å²) in [6.45, 7) is 0. The summed E-state index contributed by atoms with van der Waals surface area (Å²) < 4.78 is 0.971. The van der Waals surface area contributed by atoms with E-state index < -0.39 is 0 Å². The van der Waals surface area contributed by atoms with Crippen LogP contribution in [0.25, 0.3) is 11.6 Å². The van der Waals surface area contributed by atoms with E-state index in [1.807, 2.05) is 24.3 Å². The molecule has 1 aliphatic heterocycles. The number of aromatic nitrogens is 1. The number of aryl methyl sites for hydroxylation is 1. The molecule has 3 aromatic rings. The number of hydrogen-bond donors (Lipinski definition) is 2. The number of H-pyrrole nitrogens is 1. The van der Waals surface area contributed by atoms with Crippen molar-refractivity contribution < 1.29 is 4.79 Å². The van der Waals surface area contributed by atoms with Crippen LogP contribution < -0.4 is 5.32 Å². The second-order valence-corrected chi connectivity index (χ2v) is 8.13. The number of carbonyl (C=O) groups excluding carboxylic acids is 1. The van der Waals surface area contributed by atoms with Gasteiger partial charge in [0.1, 0.15) is 0 Å². The lowest BCUT2D eigenvalue weighted by atomic mass is 9.82. The molecule has 1 aromatic heterocycles. The summed E-state index contributed by atoms with van der Waals surface area (Å²) in [4.78, 5) is 16.0. The third kappa shape index (κ3) is 2.94. The highest BCUT2D eigenvalue weighted by Crippen LogP contribution is 2.39. The molecule has 4 heteroatoms. The zero-order chi connectivity index (χ0) is 18.4. The number of amides is 1. The molecular weight excluding hydrogens is 400 g/mol. The first kappa shape index (κ1) is 16.6. The average Bonchev–Trinajstić information content (AvgIpc) is 3.23. The van der Waals surface area contributed by atoms with Crippen LogP contribution in [0.15, 0.2) is 59.1 Å². The molecule has 27 heavy (non-hydrogen) atoms. The van der Waals surface area contributed by atoms with Crippen LogP contribution in [0.3, 0.4) is 0 Å². The van der Waals surface area contributed by atoms with Gasteiger partial charge in [0.25, 0.3) is 5.91 Å². The van der Waals surface area contributed by atoms with Crippen LogP contribution >= 0.6 is 15.9 Å². The molecule has 2 N–H and O–H groups in total. The Kier molecular flexibility index (Phi) is 4.01. The fourth-order valence-corrected chi connectivity index (χ4v) is 4.62. The summed E-state index contributed by atoms with van der Waals surface area (Å²) >= 11 is 3.50. The SMILES string of the molecule is O=C1Nc2ccc(Br)cc2C1=Cc1cc2c([nH]1)CCCC2c1ccccc1. The van der Waals surface area contributed by atoms with Gasteiger partial charge in [-0.1, -0.05) is 46.3 Å². The minimum Gasteiger partial charge on any atom is -0.359 e. The molecule has 134 valence electrons. The molecule has 2 aliphatic rings. The van der Waals surface area contributed by atoms with Gasteiger partial charge in [0, 0.05) is 33.0 Å². The largest absolute Gasteiger partial charge is 0.359 e. The zero-order valence-electron chi connectivity index (χ0n) is 14.8. The van der Waals surface area contributed by atoms with Crippen molar-refractivity contribution in [2.24, 2.45) is 0 Å². The van der Waals surface area contributed by atoms with Crippen molar-refractivity contribution in [2.45, 2.75) is 25.2 Å². The summed E-state index contributed by atoms with van der Waals surface area (Å²) in [7, 11) is 0. The molecule has 0 spiro atoms. The van der Waals surface area contributed by atoms with Crippen molar-refractivity contribution >= 4 is 39.2 Å². The third-order valence-electron chi connectivity index (χ3n) is 5.52. The summed E-state index contributed by atoms with van der Waals surface area (Å²) in [5.41, 5.74) is 7.56. The van der Waals surface area contributed by atoms with Gasteiger partial charge in [0.2, 0.25) is 0 Å². The van der Waals surface area contributed by atoms with Crippen LogP contribution in [-0.4, -0.2) is 10.9 Å². The average molecular weight is 419 g/mol. The maximum absolute atomic E-state index is 12.5. The van der Waals surface area contributed by atoms with E-state index in [1.54, 1.807) is 0 Å². The van der Waals surface area contributed by atoms with Crippen molar-refractivity contribution in [3.05, 3.63) is 87.1 Å². The van der Waals surface area contributed by atoms with Crippen LogP contribution in [0.2, 0.25) is 0 Å². The van der Waals surface area contributed by atoms with E-state index >= 15 is 0 Å².